The van der Waals surface area contributed by atoms with Crippen LogP contribution < -0.4 is 0 Å². The molecule has 0 fully saturated rings. The zero-order valence-electron chi connectivity index (χ0n) is 5.94. The molecular formula is C8H7F2I. The van der Waals surface area contributed by atoms with Gasteiger partial charge in [-0.05, 0) is 47.2 Å². The molecule has 1 rings (SSSR count). The third-order valence-electron chi connectivity index (χ3n) is 1.48. The van der Waals surface area contributed by atoms with Crippen LogP contribution in [-0.2, 0) is 0 Å². The van der Waals surface area contributed by atoms with E-state index in [4.69, 9.17) is 0 Å². The average molecular weight is 268 g/mol. The van der Waals surface area contributed by atoms with E-state index in [1.807, 2.05) is 28.7 Å². The van der Waals surface area contributed by atoms with Gasteiger partial charge in [0.25, 0.3) is 6.43 Å². The molecule has 0 bridgehead atoms. The molecule has 0 spiro atoms. The zero-order chi connectivity index (χ0) is 8.43. The van der Waals surface area contributed by atoms with Gasteiger partial charge in [0.1, 0.15) is 0 Å². The Balaban J connectivity index is 3.13. The summed E-state index contributed by atoms with van der Waals surface area (Å²) in [6.45, 7) is 1.69. The number of rotatable bonds is 1. The summed E-state index contributed by atoms with van der Waals surface area (Å²) in [5.74, 6) is 0. The normalized spacial score (nSPS) is 10.6. The van der Waals surface area contributed by atoms with Crippen molar-refractivity contribution in [1.29, 1.82) is 0 Å². The maximum absolute atomic E-state index is 12.2. The largest absolute Gasteiger partial charge is 0.264 e. The second-order valence-electron chi connectivity index (χ2n) is 2.30. The molecular weight excluding hydrogens is 261 g/mol. The number of aryl methyl sites for hydroxylation is 1. The van der Waals surface area contributed by atoms with Crippen molar-refractivity contribution in [3.05, 3.63) is 32.9 Å². The molecule has 60 valence electrons. The lowest BCUT2D eigenvalue weighted by molar-refractivity contribution is 0.150. The van der Waals surface area contributed by atoms with Crippen molar-refractivity contribution in [2.45, 2.75) is 13.3 Å². The lowest BCUT2D eigenvalue weighted by Crippen LogP contribution is -1.89. The summed E-state index contributed by atoms with van der Waals surface area (Å²) in [6.07, 6.45) is -2.36. The third-order valence-corrected chi connectivity index (χ3v) is 2.15. The second-order valence-corrected chi connectivity index (χ2v) is 3.55. The zero-order valence-corrected chi connectivity index (χ0v) is 8.10. The van der Waals surface area contributed by atoms with Gasteiger partial charge in [-0.3, -0.25) is 0 Å². The Kier molecular flexibility index (Phi) is 2.81. The van der Waals surface area contributed by atoms with Crippen molar-refractivity contribution in [3.63, 3.8) is 0 Å². The van der Waals surface area contributed by atoms with Crippen molar-refractivity contribution in [3.8, 4) is 0 Å². The molecule has 0 radical (unpaired) electrons. The first-order chi connectivity index (χ1) is 5.11. The molecule has 0 heterocycles. The Hall–Kier alpha value is -0.190. The van der Waals surface area contributed by atoms with Gasteiger partial charge < -0.3 is 0 Å². The van der Waals surface area contributed by atoms with Gasteiger partial charge in [0.15, 0.2) is 0 Å². The van der Waals surface area contributed by atoms with E-state index in [1.165, 1.54) is 6.07 Å². The Morgan fingerprint density at radius 3 is 2.45 bits per heavy atom. The minimum Gasteiger partial charge on any atom is -0.205 e. The highest BCUT2D eigenvalue weighted by molar-refractivity contribution is 14.1. The molecule has 0 N–H and O–H groups in total. The van der Waals surface area contributed by atoms with Crippen LogP contribution in [0, 0.1) is 10.5 Å². The molecule has 11 heavy (non-hydrogen) atoms. The van der Waals surface area contributed by atoms with E-state index in [-0.39, 0.29) is 5.56 Å². The number of halogens is 3. The van der Waals surface area contributed by atoms with E-state index < -0.39 is 6.43 Å². The van der Waals surface area contributed by atoms with Crippen LogP contribution in [0.2, 0.25) is 0 Å². The van der Waals surface area contributed by atoms with Gasteiger partial charge in [0, 0.05) is 9.13 Å². The first-order valence-electron chi connectivity index (χ1n) is 3.15. The molecule has 0 aliphatic heterocycles. The molecule has 0 aliphatic rings. The topological polar surface area (TPSA) is 0 Å². The van der Waals surface area contributed by atoms with Crippen LogP contribution in [0.15, 0.2) is 18.2 Å². The summed E-state index contributed by atoms with van der Waals surface area (Å²) in [5.41, 5.74) is 0.789. The first kappa shape index (κ1) is 8.90. The Labute approximate surface area is 77.8 Å². The van der Waals surface area contributed by atoms with Gasteiger partial charge in [-0.15, -0.1) is 0 Å². The summed E-state index contributed by atoms with van der Waals surface area (Å²) in [6, 6.07) is 5.05. The fraction of sp³-hybridized carbons (Fsp3) is 0.250. The van der Waals surface area contributed by atoms with E-state index in [0.717, 1.165) is 3.57 Å². The second kappa shape index (κ2) is 3.47. The van der Waals surface area contributed by atoms with Gasteiger partial charge in [0.2, 0.25) is 0 Å². The summed E-state index contributed by atoms with van der Waals surface area (Å²) in [7, 11) is 0. The van der Waals surface area contributed by atoms with E-state index in [9.17, 15) is 8.78 Å². The van der Waals surface area contributed by atoms with Crippen molar-refractivity contribution in [2.24, 2.45) is 0 Å². The van der Waals surface area contributed by atoms with Crippen LogP contribution >= 0.6 is 22.6 Å². The monoisotopic (exact) mass is 268 g/mol. The Bertz CT molecular complexity index is 258. The SMILES string of the molecule is Cc1ccc(I)cc1C(F)F. The van der Waals surface area contributed by atoms with Crippen LogP contribution in [0.1, 0.15) is 17.6 Å². The number of hydrogen-bond donors (Lipinski definition) is 0. The fourth-order valence-corrected chi connectivity index (χ4v) is 1.36. The van der Waals surface area contributed by atoms with Gasteiger partial charge >= 0.3 is 0 Å². The number of hydrogen-bond acceptors (Lipinski definition) is 0. The Morgan fingerprint density at radius 2 is 2.00 bits per heavy atom. The summed E-state index contributed by atoms with van der Waals surface area (Å²) in [5, 5.41) is 0. The lowest BCUT2D eigenvalue weighted by atomic mass is 10.1. The predicted octanol–water partition coefficient (Wildman–Crippen LogP) is 3.54. The van der Waals surface area contributed by atoms with Gasteiger partial charge in [0.05, 0.1) is 0 Å². The van der Waals surface area contributed by atoms with E-state index in [2.05, 4.69) is 0 Å². The summed E-state index contributed by atoms with van der Waals surface area (Å²) < 4.78 is 25.3. The molecule has 0 unspecified atom stereocenters. The van der Waals surface area contributed by atoms with Gasteiger partial charge in [-0.2, -0.15) is 0 Å². The lowest BCUT2D eigenvalue weighted by Gasteiger charge is -2.03. The molecule has 0 aliphatic carbocycles. The fourth-order valence-electron chi connectivity index (χ4n) is 0.846. The highest BCUT2D eigenvalue weighted by Crippen LogP contribution is 2.23. The molecule has 0 saturated heterocycles. The molecule has 3 heteroatoms. The minimum atomic E-state index is -2.36. The average Bonchev–Trinajstić information content (AvgIpc) is 1.94. The van der Waals surface area contributed by atoms with Gasteiger partial charge in [-0.1, -0.05) is 6.07 Å². The molecule has 0 aromatic heterocycles. The number of benzene rings is 1. The van der Waals surface area contributed by atoms with Crippen LogP contribution in [0.5, 0.6) is 0 Å². The highest BCUT2D eigenvalue weighted by Gasteiger charge is 2.09. The van der Waals surface area contributed by atoms with Crippen molar-refractivity contribution < 1.29 is 8.78 Å². The van der Waals surface area contributed by atoms with Gasteiger partial charge in [-0.25, -0.2) is 8.78 Å². The molecule has 0 saturated carbocycles. The molecule has 1 aromatic rings. The molecule has 0 atom stereocenters. The van der Waals surface area contributed by atoms with Crippen molar-refractivity contribution >= 4 is 22.6 Å². The first-order valence-corrected chi connectivity index (χ1v) is 4.23. The quantitative estimate of drug-likeness (QED) is 0.683. The Morgan fingerprint density at radius 1 is 1.36 bits per heavy atom. The van der Waals surface area contributed by atoms with Crippen molar-refractivity contribution in [2.75, 3.05) is 0 Å². The molecule has 1 aromatic carbocycles. The molecule has 0 amide bonds. The van der Waals surface area contributed by atoms with Crippen LogP contribution in [0.3, 0.4) is 0 Å². The molecule has 0 nitrogen and oxygen atoms in total. The van der Waals surface area contributed by atoms with E-state index in [1.54, 1.807) is 13.0 Å². The minimum absolute atomic E-state index is 0.136. The predicted molar refractivity (Wildman–Crippen MR) is 48.9 cm³/mol. The van der Waals surface area contributed by atoms with Crippen LogP contribution in [-0.4, -0.2) is 0 Å². The van der Waals surface area contributed by atoms with E-state index in [0.29, 0.717) is 5.56 Å². The maximum Gasteiger partial charge on any atom is 0.264 e. The summed E-state index contributed by atoms with van der Waals surface area (Å²) >= 11 is 2.02. The van der Waals surface area contributed by atoms with Crippen LogP contribution in [0.4, 0.5) is 8.78 Å². The standard InChI is InChI=1S/C8H7F2I/c1-5-2-3-6(11)4-7(5)8(9)10/h2-4,8H,1H3. The third kappa shape index (κ3) is 2.12. The maximum atomic E-state index is 12.2. The van der Waals surface area contributed by atoms with E-state index >= 15 is 0 Å². The highest BCUT2D eigenvalue weighted by atomic mass is 127. The number of alkyl halides is 2. The summed E-state index contributed by atoms with van der Waals surface area (Å²) in [4.78, 5) is 0. The van der Waals surface area contributed by atoms with Crippen LogP contribution in [0.25, 0.3) is 0 Å². The smallest absolute Gasteiger partial charge is 0.205 e. The van der Waals surface area contributed by atoms with Crippen molar-refractivity contribution in [1.82, 2.24) is 0 Å².